The number of carbonyl (C=O) groups is 3. The minimum Gasteiger partial charge on any atom is -0.494 e. The Kier molecular flexibility index (Phi) is 11.1. The van der Waals surface area contributed by atoms with Crippen LogP contribution in [-0.2, 0) is 46.5 Å². The van der Waals surface area contributed by atoms with E-state index in [1.807, 2.05) is 13.8 Å². The smallest absolute Gasteiger partial charge is 0.258 e. The molecule has 1 aliphatic heterocycles. The van der Waals surface area contributed by atoms with Crippen molar-refractivity contribution in [2.24, 2.45) is 5.92 Å². The molecule has 0 radical (unpaired) electrons. The van der Waals surface area contributed by atoms with Crippen LogP contribution in [0.1, 0.15) is 101 Å². The average molecular weight is 628 g/mol. The van der Waals surface area contributed by atoms with Crippen LogP contribution in [0, 0.1) is 5.92 Å². The highest BCUT2D eigenvalue weighted by Crippen LogP contribution is 2.41. The predicted molar refractivity (Wildman–Crippen MR) is 184 cm³/mol. The number of benzene rings is 2. The first-order valence-corrected chi connectivity index (χ1v) is 16.8. The number of carbonyl (C=O) groups excluding carboxylic acids is 3. The molecule has 0 saturated carbocycles. The molecule has 3 aromatic rings. The Hall–Kier alpha value is -4.33. The van der Waals surface area contributed by atoms with E-state index in [-0.39, 0.29) is 35.4 Å². The van der Waals surface area contributed by atoms with E-state index in [9.17, 15) is 24.6 Å². The molecule has 1 atom stereocenters. The second kappa shape index (κ2) is 14.8. The van der Waals surface area contributed by atoms with Gasteiger partial charge in [-0.3, -0.25) is 14.4 Å². The molecule has 2 heterocycles. The van der Waals surface area contributed by atoms with E-state index < -0.39 is 0 Å². The number of nitrogens with zero attached hydrogens (tertiary/aromatic N) is 3. The summed E-state index contributed by atoms with van der Waals surface area (Å²) in [6, 6.07) is 9.90. The molecule has 8 nitrogen and oxygen atoms in total. The Balaban J connectivity index is 1.75. The average Bonchev–Trinajstić information content (AvgIpc) is 3.52. The summed E-state index contributed by atoms with van der Waals surface area (Å²) in [5, 5.41) is 22.7. The first-order chi connectivity index (χ1) is 22.0. The molecule has 0 aliphatic carbocycles. The van der Waals surface area contributed by atoms with E-state index >= 15 is 0 Å². The maximum absolute atomic E-state index is 12.7. The zero-order valence-corrected chi connectivity index (χ0v) is 28.4. The molecule has 4 rings (SSSR count). The van der Waals surface area contributed by atoms with Crippen molar-refractivity contribution < 1.29 is 24.6 Å². The summed E-state index contributed by atoms with van der Waals surface area (Å²) in [4.78, 5) is 40.7. The van der Waals surface area contributed by atoms with Gasteiger partial charge >= 0.3 is 0 Å². The van der Waals surface area contributed by atoms with E-state index in [0.717, 1.165) is 58.3 Å². The van der Waals surface area contributed by atoms with Crippen LogP contribution in [0.25, 0.3) is 5.69 Å². The van der Waals surface area contributed by atoms with Gasteiger partial charge in [0.15, 0.2) is 0 Å². The number of unbranched alkanes of at least 4 members (excludes halogenated alkanes) is 1. The van der Waals surface area contributed by atoms with Crippen LogP contribution in [0.5, 0.6) is 11.8 Å². The van der Waals surface area contributed by atoms with E-state index in [0.29, 0.717) is 50.0 Å². The number of amides is 3. The fourth-order valence-electron chi connectivity index (χ4n) is 6.62. The molecule has 0 bridgehead atoms. The summed E-state index contributed by atoms with van der Waals surface area (Å²) < 4.78 is 1.47. The van der Waals surface area contributed by atoms with Crippen molar-refractivity contribution in [2.75, 3.05) is 16.3 Å². The van der Waals surface area contributed by atoms with Crippen LogP contribution in [-0.4, -0.2) is 39.0 Å². The first kappa shape index (κ1) is 34.5. The molecule has 2 N–H and O–H groups in total. The minimum atomic E-state index is -0.310. The fourth-order valence-corrected chi connectivity index (χ4v) is 6.62. The van der Waals surface area contributed by atoms with E-state index in [2.05, 4.69) is 52.0 Å². The first-order valence-electron chi connectivity index (χ1n) is 16.8. The van der Waals surface area contributed by atoms with Crippen LogP contribution in [0.15, 0.2) is 42.5 Å². The fraction of sp³-hybridized carbons (Fsp3) is 0.447. The largest absolute Gasteiger partial charge is 0.494 e. The molecule has 1 aromatic heterocycles. The van der Waals surface area contributed by atoms with Crippen molar-refractivity contribution in [3.05, 3.63) is 75.9 Å². The second-order valence-electron chi connectivity index (χ2n) is 12.4. The van der Waals surface area contributed by atoms with E-state index in [1.165, 1.54) is 34.6 Å². The number of aryl methyl sites for hydroxylation is 4. The summed E-state index contributed by atoms with van der Waals surface area (Å²) in [7, 11) is 0. The van der Waals surface area contributed by atoms with E-state index in [4.69, 9.17) is 0 Å². The number of aromatic nitrogens is 1. The van der Waals surface area contributed by atoms with Crippen molar-refractivity contribution in [2.45, 2.75) is 99.8 Å². The molecule has 0 fully saturated rings. The van der Waals surface area contributed by atoms with E-state index in [1.54, 1.807) is 4.90 Å². The molecule has 0 saturated heterocycles. The molecular formula is C38H49N3O5. The van der Waals surface area contributed by atoms with Gasteiger partial charge in [0.2, 0.25) is 17.7 Å². The molecular weight excluding hydrogens is 578 g/mol. The molecule has 0 spiro atoms. The highest BCUT2D eigenvalue weighted by atomic mass is 16.3. The quantitative estimate of drug-likeness (QED) is 0.182. The SMILES string of the molecule is CCCCC(C)CN(C(C)=O)c1cc(O)n(-c2c(CC)cc(Cc3cc(CC)c(N4C(=O)C=CC4=O)c(CC)c3)cc2CC)c1O. The molecule has 8 heteroatoms. The molecule has 46 heavy (non-hydrogen) atoms. The highest BCUT2D eigenvalue weighted by molar-refractivity contribution is 6.28. The Morgan fingerprint density at radius 3 is 1.70 bits per heavy atom. The van der Waals surface area contributed by atoms with Crippen molar-refractivity contribution in [3.8, 4) is 17.4 Å². The molecule has 1 aliphatic rings. The van der Waals surface area contributed by atoms with Crippen LogP contribution < -0.4 is 9.80 Å². The molecule has 2 aromatic carbocycles. The summed E-state index contributed by atoms with van der Waals surface area (Å²) in [5.74, 6) is -0.827. The minimum absolute atomic E-state index is 0.117. The number of aromatic hydroxyl groups is 2. The molecule has 3 amide bonds. The van der Waals surface area contributed by atoms with Crippen molar-refractivity contribution >= 4 is 29.1 Å². The van der Waals surface area contributed by atoms with Gasteiger partial charge in [0.05, 0.1) is 11.4 Å². The van der Waals surface area contributed by atoms with Crippen LogP contribution in [0.2, 0.25) is 0 Å². The maximum atomic E-state index is 12.7. The van der Waals surface area contributed by atoms with Gasteiger partial charge in [0, 0.05) is 31.7 Å². The third-order valence-corrected chi connectivity index (χ3v) is 8.99. The van der Waals surface area contributed by atoms with Gasteiger partial charge in [-0.2, -0.15) is 0 Å². The summed E-state index contributed by atoms with van der Waals surface area (Å²) in [5.41, 5.74) is 7.76. The number of imide groups is 1. The Morgan fingerprint density at radius 2 is 1.26 bits per heavy atom. The van der Waals surface area contributed by atoms with Crippen LogP contribution in [0.4, 0.5) is 11.4 Å². The van der Waals surface area contributed by atoms with Gasteiger partial charge in [-0.1, -0.05) is 78.6 Å². The van der Waals surface area contributed by atoms with Crippen molar-refractivity contribution in [1.82, 2.24) is 4.57 Å². The number of rotatable bonds is 14. The van der Waals surface area contributed by atoms with Gasteiger partial charge < -0.3 is 15.1 Å². The van der Waals surface area contributed by atoms with Gasteiger partial charge in [-0.05, 0) is 77.8 Å². The monoisotopic (exact) mass is 627 g/mol. The highest BCUT2D eigenvalue weighted by Gasteiger charge is 2.30. The number of hydrogen-bond acceptors (Lipinski definition) is 5. The third-order valence-electron chi connectivity index (χ3n) is 8.99. The Bertz CT molecular complexity index is 1580. The Morgan fingerprint density at radius 1 is 0.783 bits per heavy atom. The van der Waals surface area contributed by atoms with Crippen LogP contribution in [0.3, 0.4) is 0 Å². The van der Waals surface area contributed by atoms with Gasteiger partial charge in [0.1, 0.15) is 5.69 Å². The summed E-state index contributed by atoms with van der Waals surface area (Å²) in [6.45, 7) is 14.4. The molecule has 246 valence electrons. The van der Waals surface area contributed by atoms with Gasteiger partial charge in [0.25, 0.3) is 11.8 Å². The maximum Gasteiger partial charge on any atom is 0.258 e. The van der Waals surface area contributed by atoms with Crippen molar-refractivity contribution in [3.63, 3.8) is 0 Å². The number of anilines is 2. The zero-order chi connectivity index (χ0) is 33.7. The third kappa shape index (κ3) is 6.91. The van der Waals surface area contributed by atoms with Crippen molar-refractivity contribution in [1.29, 1.82) is 0 Å². The lowest BCUT2D eigenvalue weighted by molar-refractivity contribution is -0.120. The summed E-state index contributed by atoms with van der Waals surface area (Å²) in [6.07, 6.45) is 9.09. The summed E-state index contributed by atoms with van der Waals surface area (Å²) >= 11 is 0. The second-order valence-corrected chi connectivity index (χ2v) is 12.4. The van der Waals surface area contributed by atoms with Crippen LogP contribution >= 0.6 is 0 Å². The lowest BCUT2D eigenvalue weighted by Gasteiger charge is -2.24. The molecule has 1 unspecified atom stereocenters. The number of hydrogen-bond donors (Lipinski definition) is 2. The standard InChI is InChI=1S/C38H49N3O5/c1-8-13-14-24(6)23-39(25(7)42)32-22-35(45)41(38(32)46)37-30(11-4)20-27(21-31(37)12-5)17-26-18-28(9-2)36(29(10-3)19-26)40-33(43)15-16-34(40)44/h15-16,18-22,24,45-46H,8-14,17,23H2,1-7H3. The normalized spacial score (nSPS) is 13.6. The lowest BCUT2D eigenvalue weighted by atomic mass is 9.92. The van der Waals surface area contributed by atoms with Gasteiger partial charge in [-0.25, -0.2) is 9.47 Å². The zero-order valence-electron chi connectivity index (χ0n) is 28.4. The predicted octanol–water partition coefficient (Wildman–Crippen LogP) is 7.34. The Labute approximate surface area is 273 Å². The lowest BCUT2D eigenvalue weighted by Crippen LogP contribution is -2.32. The van der Waals surface area contributed by atoms with Gasteiger partial charge in [-0.15, -0.1) is 0 Å². The topological polar surface area (TPSA) is 103 Å².